The van der Waals surface area contributed by atoms with E-state index in [0.29, 0.717) is 10.6 Å². The molecule has 1 aromatic rings. The third kappa shape index (κ3) is 3.87. The van der Waals surface area contributed by atoms with Gasteiger partial charge in [0.25, 0.3) is 0 Å². The maximum absolute atomic E-state index is 12.1. The van der Waals surface area contributed by atoms with Crippen molar-refractivity contribution in [1.82, 2.24) is 0 Å². The van der Waals surface area contributed by atoms with Gasteiger partial charge >= 0.3 is 0 Å². The highest BCUT2D eigenvalue weighted by Gasteiger charge is 2.25. The monoisotopic (exact) mass is 311 g/mol. The molecular weight excluding hydrogens is 286 g/mol. The van der Waals surface area contributed by atoms with Crippen LogP contribution in [0, 0.1) is 5.41 Å². The fraction of sp³-hybridized carbons (Fsp3) is 0.438. The molecule has 1 aromatic carbocycles. The van der Waals surface area contributed by atoms with Gasteiger partial charge in [-0.2, -0.15) is 0 Å². The van der Waals surface area contributed by atoms with Crippen LogP contribution in [-0.2, 0) is 4.79 Å². The standard InChI is InChI=1S/C16H25NO3S/c1-6-16(4,5)15(19)17-13-7-9-14(10-8-13)21(20,11-18)12(2)3/h7-11,18,20H,6H2,1-5H3,(H,17,19). The number of benzene rings is 1. The Hall–Kier alpha value is -1.30. The number of aliphatic hydroxyl groups excluding tert-OH is 1. The molecule has 0 saturated heterocycles. The molecule has 0 spiro atoms. The number of anilines is 1. The van der Waals surface area contributed by atoms with Crippen molar-refractivity contribution in [2.24, 2.45) is 5.41 Å². The molecule has 0 radical (unpaired) electrons. The number of aliphatic hydroxyl groups is 1. The smallest absolute Gasteiger partial charge is 0.230 e. The van der Waals surface area contributed by atoms with E-state index in [1.807, 2.05) is 20.8 Å². The minimum Gasteiger partial charge on any atom is -0.361 e. The van der Waals surface area contributed by atoms with Gasteiger partial charge in [0.05, 0.1) is 5.55 Å². The Bertz CT molecular complexity index is 632. The highest BCUT2D eigenvalue weighted by Crippen LogP contribution is 2.33. The number of amides is 1. The summed E-state index contributed by atoms with van der Waals surface area (Å²) in [4.78, 5) is 13.5. The Morgan fingerprint density at radius 2 is 1.81 bits per heavy atom. The van der Waals surface area contributed by atoms with E-state index in [-0.39, 0.29) is 5.91 Å². The maximum Gasteiger partial charge on any atom is 0.230 e. The number of carbonyl (C=O) groups excluding carboxylic acids is 1. The first kappa shape index (κ1) is 17.8. The minimum absolute atomic E-state index is 0.0349. The predicted octanol–water partition coefficient (Wildman–Crippen LogP) is 4.23. The molecule has 5 heteroatoms. The van der Waals surface area contributed by atoms with Gasteiger partial charge in [0, 0.05) is 16.0 Å². The zero-order valence-corrected chi connectivity index (χ0v) is 14.1. The van der Waals surface area contributed by atoms with Crippen LogP contribution >= 0.6 is 9.49 Å². The zero-order valence-electron chi connectivity index (χ0n) is 13.3. The summed E-state index contributed by atoms with van der Waals surface area (Å²) in [6.45, 7) is 9.33. The summed E-state index contributed by atoms with van der Waals surface area (Å²) in [6.07, 6.45) is 0.754. The van der Waals surface area contributed by atoms with E-state index in [9.17, 15) is 14.5 Å². The Balaban J connectivity index is 3.06. The van der Waals surface area contributed by atoms with Crippen molar-refractivity contribution in [3.63, 3.8) is 0 Å². The van der Waals surface area contributed by atoms with Gasteiger partial charge in [0.15, 0.2) is 0 Å². The Morgan fingerprint density at radius 1 is 1.29 bits per heavy atom. The Morgan fingerprint density at radius 3 is 2.19 bits per heavy atom. The summed E-state index contributed by atoms with van der Waals surface area (Å²) in [5.74, 6) is -0.0349. The summed E-state index contributed by atoms with van der Waals surface area (Å²) < 4.78 is 10.5. The lowest BCUT2D eigenvalue weighted by atomic mass is 9.89. The van der Waals surface area contributed by atoms with E-state index >= 15 is 0 Å². The van der Waals surface area contributed by atoms with Gasteiger partial charge in [-0.05, 0) is 49.4 Å². The van der Waals surface area contributed by atoms with Crippen LogP contribution in [0.2, 0.25) is 0 Å². The number of carbonyl (C=O) groups is 1. The molecule has 0 aliphatic carbocycles. The third-order valence-electron chi connectivity index (χ3n) is 3.75. The van der Waals surface area contributed by atoms with E-state index in [1.165, 1.54) is 0 Å². The van der Waals surface area contributed by atoms with Gasteiger partial charge in [0.1, 0.15) is 0 Å². The van der Waals surface area contributed by atoms with Crippen molar-refractivity contribution >= 4 is 31.5 Å². The van der Waals surface area contributed by atoms with Gasteiger partial charge < -0.3 is 15.0 Å². The quantitative estimate of drug-likeness (QED) is 0.729. The van der Waals surface area contributed by atoms with E-state index in [4.69, 9.17) is 0 Å². The average Bonchev–Trinajstić information content (AvgIpc) is 2.46. The van der Waals surface area contributed by atoms with Crippen LogP contribution in [0.1, 0.15) is 41.0 Å². The van der Waals surface area contributed by atoms with Crippen LogP contribution in [0.4, 0.5) is 5.69 Å². The molecule has 21 heavy (non-hydrogen) atoms. The van der Waals surface area contributed by atoms with Crippen molar-refractivity contribution in [2.45, 2.75) is 45.9 Å². The number of nitrogens with one attached hydrogen (secondary N) is 1. The molecule has 1 atom stereocenters. The lowest BCUT2D eigenvalue weighted by molar-refractivity contribution is -0.124. The van der Waals surface area contributed by atoms with E-state index in [2.05, 4.69) is 5.32 Å². The molecule has 3 N–H and O–H groups in total. The molecule has 0 fully saturated rings. The highest BCUT2D eigenvalue weighted by atomic mass is 32.2. The first-order valence-electron chi connectivity index (χ1n) is 6.92. The summed E-state index contributed by atoms with van der Waals surface area (Å²) in [7, 11) is -2.42. The van der Waals surface area contributed by atoms with Crippen LogP contribution in [0.5, 0.6) is 0 Å². The molecule has 0 saturated carbocycles. The molecule has 0 aromatic heterocycles. The largest absolute Gasteiger partial charge is 0.361 e. The van der Waals surface area contributed by atoms with Gasteiger partial charge in [-0.1, -0.05) is 30.3 Å². The Kier molecular flexibility index (Phi) is 5.61. The van der Waals surface area contributed by atoms with Gasteiger partial charge in [-0.15, -0.1) is 0 Å². The second kappa shape index (κ2) is 6.64. The van der Waals surface area contributed by atoms with Crippen LogP contribution in [0.25, 0.3) is 0 Å². The van der Waals surface area contributed by atoms with Crippen LogP contribution in [0.3, 0.4) is 0 Å². The molecule has 1 amide bonds. The molecule has 0 aliphatic heterocycles. The number of rotatable bonds is 4. The lowest BCUT2D eigenvalue weighted by Crippen LogP contribution is -2.29. The zero-order chi connectivity index (χ0) is 16.3. The van der Waals surface area contributed by atoms with Crippen LogP contribution in [-0.4, -0.2) is 26.0 Å². The number of hydrogen-bond acceptors (Lipinski definition) is 2. The van der Waals surface area contributed by atoms with E-state index < -0.39 is 14.9 Å². The van der Waals surface area contributed by atoms with Gasteiger partial charge in [0.2, 0.25) is 5.91 Å². The van der Waals surface area contributed by atoms with Crippen LogP contribution in [0.15, 0.2) is 29.2 Å². The van der Waals surface area contributed by atoms with Crippen molar-refractivity contribution in [3.05, 3.63) is 24.3 Å². The highest BCUT2D eigenvalue weighted by molar-refractivity contribution is 8.25. The first-order valence-corrected chi connectivity index (χ1v) is 8.57. The third-order valence-corrected chi connectivity index (χ3v) is 6.29. The second-order valence-corrected chi connectivity index (χ2v) is 8.61. The summed E-state index contributed by atoms with van der Waals surface area (Å²) in [5.41, 5.74) is 1.12. The SMILES string of the molecule is CCC(C)(C)C(=O)Nc1ccc(S(O)(=CO)=C(C)C)cc1. The summed E-state index contributed by atoms with van der Waals surface area (Å²) in [6, 6.07) is 6.93. The number of hydrogen-bond donors (Lipinski definition) is 3. The van der Waals surface area contributed by atoms with Crippen molar-refractivity contribution in [2.75, 3.05) is 5.32 Å². The molecule has 1 rings (SSSR count). The molecule has 0 heterocycles. The van der Waals surface area contributed by atoms with E-state index in [1.54, 1.807) is 38.1 Å². The lowest BCUT2D eigenvalue weighted by Gasteiger charge is -2.21. The molecule has 4 nitrogen and oxygen atoms in total. The fourth-order valence-corrected chi connectivity index (χ4v) is 2.96. The Labute approximate surface area is 127 Å². The van der Waals surface area contributed by atoms with Crippen molar-refractivity contribution in [3.8, 4) is 0 Å². The van der Waals surface area contributed by atoms with E-state index in [0.717, 1.165) is 16.8 Å². The minimum atomic E-state index is -2.42. The van der Waals surface area contributed by atoms with Crippen molar-refractivity contribution in [1.29, 1.82) is 0 Å². The van der Waals surface area contributed by atoms with Gasteiger partial charge in [-0.3, -0.25) is 4.79 Å². The topological polar surface area (TPSA) is 69.6 Å². The maximum atomic E-state index is 12.1. The average molecular weight is 311 g/mol. The molecule has 0 bridgehead atoms. The van der Waals surface area contributed by atoms with Crippen LogP contribution < -0.4 is 5.32 Å². The van der Waals surface area contributed by atoms with Gasteiger partial charge in [-0.25, -0.2) is 0 Å². The van der Waals surface area contributed by atoms with Crippen molar-refractivity contribution < 1.29 is 14.5 Å². The normalized spacial score (nSPS) is 14.2. The predicted molar refractivity (Wildman–Crippen MR) is 92.7 cm³/mol. The molecule has 118 valence electrons. The molecule has 1 unspecified atom stereocenters. The summed E-state index contributed by atoms with van der Waals surface area (Å²) in [5, 5.41) is 12.2. The second-order valence-electron chi connectivity index (χ2n) is 5.86. The molecular formula is C16H25NO3S. The summed E-state index contributed by atoms with van der Waals surface area (Å²) >= 11 is 0. The first-order chi connectivity index (χ1) is 9.67. The molecule has 0 aliphatic rings. The fourth-order valence-electron chi connectivity index (χ4n) is 1.61.